The van der Waals surface area contributed by atoms with Crippen molar-refractivity contribution >= 4 is 22.2 Å². The summed E-state index contributed by atoms with van der Waals surface area (Å²) in [7, 11) is -3.17. The zero-order valence-electron chi connectivity index (χ0n) is 8.84. The lowest BCUT2D eigenvalue weighted by Crippen LogP contribution is -2.20. The Labute approximate surface area is 101 Å². The summed E-state index contributed by atoms with van der Waals surface area (Å²) in [5.41, 5.74) is 6.67. The van der Waals surface area contributed by atoms with E-state index in [0.29, 0.717) is 17.3 Å². The van der Waals surface area contributed by atoms with Gasteiger partial charge in [-0.3, -0.25) is 0 Å². The zero-order chi connectivity index (χ0) is 11.1. The van der Waals surface area contributed by atoms with Gasteiger partial charge in [0.2, 0.25) is 0 Å². The number of benzene rings is 1. The summed E-state index contributed by atoms with van der Waals surface area (Å²) < 4.78 is 28.1. The molecule has 0 aromatic heterocycles. The molecule has 16 heavy (non-hydrogen) atoms. The molecule has 0 radical (unpaired) electrons. The summed E-state index contributed by atoms with van der Waals surface area (Å²) in [6, 6.07) is 4.70. The fourth-order valence-electron chi connectivity index (χ4n) is 1.63. The summed E-state index contributed by atoms with van der Waals surface area (Å²) in [5.74, 6) is 0.696. The molecule has 1 heterocycles. The van der Waals surface area contributed by atoms with Gasteiger partial charge in [0, 0.05) is 24.3 Å². The van der Waals surface area contributed by atoms with Crippen LogP contribution in [0.25, 0.3) is 0 Å². The summed E-state index contributed by atoms with van der Waals surface area (Å²) in [5, 5.41) is 0. The second-order valence-corrected chi connectivity index (χ2v) is 5.73. The summed E-state index contributed by atoms with van der Waals surface area (Å²) >= 11 is 0. The molecule has 0 saturated carbocycles. The minimum atomic E-state index is -3.17. The van der Waals surface area contributed by atoms with Gasteiger partial charge >= 0.3 is 0 Å². The van der Waals surface area contributed by atoms with E-state index in [2.05, 4.69) is 0 Å². The molecule has 1 aromatic rings. The van der Waals surface area contributed by atoms with Gasteiger partial charge in [-0.2, -0.15) is 0 Å². The van der Waals surface area contributed by atoms with E-state index in [1.165, 1.54) is 6.26 Å². The first kappa shape index (κ1) is 13.3. The van der Waals surface area contributed by atoms with Crippen LogP contribution in [0.4, 0.5) is 0 Å². The molecule has 2 N–H and O–H groups in total. The number of sulfone groups is 1. The molecule has 1 atom stereocenters. The van der Waals surface area contributed by atoms with E-state index in [1.807, 2.05) is 0 Å². The van der Waals surface area contributed by atoms with Crippen molar-refractivity contribution in [2.75, 3.05) is 12.9 Å². The standard InChI is InChI=1S/C10H13NO3S.ClH/c1-15(12,13)7-2-3-10-8(6-7)9(11)4-5-14-10;/h2-3,6,9H,4-5,11H2,1H3;1H/t9-;/m0./s1. The Balaban J connectivity index is 0.00000128. The van der Waals surface area contributed by atoms with Crippen LogP contribution in [0.5, 0.6) is 5.75 Å². The molecule has 0 fully saturated rings. The van der Waals surface area contributed by atoms with E-state index in [-0.39, 0.29) is 18.4 Å². The van der Waals surface area contributed by atoms with Crippen molar-refractivity contribution < 1.29 is 13.2 Å². The van der Waals surface area contributed by atoms with E-state index in [1.54, 1.807) is 18.2 Å². The smallest absolute Gasteiger partial charge is 0.175 e. The molecule has 1 aromatic carbocycles. The lowest BCUT2D eigenvalue weighted by molar-refractivity contribution is 0.268. The number of ether oxygens (including phenoxy) is 1. The van der Waals surface area contributed by atoms with Crippen molar-refractivity contribution in [3.05, 3.63) is 23.8 Å². The number of halogens is 1. The van der Waals surface area contributed by atoms with Gasteiger partial charge in [-0.1, -0.05) is 0 Å². The highest BCUT2D eigenvalue weighted by Crippen LogP contribution is 2.32. The molecular formula is C10H14ClNO3S. The summed E-state index contributed by atoms with van der Waals surface area (Å²) in [6.07, 6.45) is 1.91. The Hall–Kier alpha value is -0.780. The second-order valence-electron chi connectivity index (χ2n) is 3.72. The van der Waals surface area contributed by atoms with E-state index < -0.39 is 9.84 Å². The number of rotatable bonds is 1. The van der Waals surface area contributed by atoms with Gasteiger partial charge in [0.25, 0.3) is 0 Å². The highest BCUT2D eigenvalue weighted by atomic mass is 35.5. The highest BCUT2D eigenvalue weighted by Gasteiger charge is 2.20. The molecule has 0 unspecified atom stereocenters. The Morgan fingerprint density at radius 2 is 2.12 bits per heavy atom. The van der Waals surface area contributed by atoms with Crippen LogP contribution in [0.2, 0.25) is 0 Å². The van der Waals surface area contributed by atoms with Gasteiger partial charge in [-0.15, -0.1) is 12.4 Å². The largest absolute Gasteiger partial charge is 0.493 e. The lowest BCUT2D eigenvalue weighted by atomic mass is 10.0. The third-order valence-electron chi connectivity index (χ3n) is 2.50. The fraction of sp³-hybridized carbons (Fsp3) is 0.400. The van der Waals surface area contributed by atoms with Gasteiger partial charge < -0.3 is 10.5 Å². The van der Waals surface area contributed by atoms with Crippen LogP contribution in [-0.4, -0.2) is 21.3 Å². The minimum absolute atomic E-state index is 0. The molecule has 0 aliphatic carbocycles. The Morgan fingerprint density at radius 3 is 2.75 bits per heavy atom. The number of hydrogen-bond acceptors (Lipinski definition) is 4. The van der Waals surface area contributed by atoms with Crippen LogP contribution in [0.3, 0.4) is 0 Å². The fourth-order valence-corrected chi connectivity index (χ4v) is 2.29. The van der Waals surface area contributed by atoms with Crippen LogP contribution >= 0.6 is 12.4 Å². The average Bonchev–Trinajstić information content (AvgIpc) is 2.16. The Bertz CT molecular complexity index is 487. The Kier molecular flexibility index (Phi) is 3.83. The number of fused-ring (bicyclic) bond motifs is 1. The predicted molar refractivity (Wildman–Crippen MR) is 63.8 cm³/mol. The third kappa shape index (κ3) is 2.48. The van der Waals surface area contributed by atoms with Gasteiger partial charge in [-0.05, 0) is 18.2 Å². The van der Waals surface area contributed by atoms with Crippen molar-refractivity contribution in [1.82, 2.24) is 0 Å². The predicted octanol–water partition coefficient (Wildman–Crippen LogP) is 1.29. The molecule has 0 bridgehead atoms. The van der Waals surface area contributed by atoms with Crippen LogP contribution in [0.15, 0.2) is 23.1 Å². The van der Waals surface area contributed by atoms with Gasteiger partial charge in [0.1, 0.15) is 5.75 Å². The minimum Gasteiger partial charge on any atom is -0.493 e. The third-order valence-corrected chi connectivity index (χ3v) is 3.61. The SMILES string of the molecule is CS(=O)(=O)c1ccc2c(c1)[C@@H](N)CCO2.Cl. The van der Waals surface area contributed by atoms with Crippen LogP contribution in [-0.2, 0) is 9.84 Å². The molecule has 0 spiro atoms. The van der Waals surface area contributed by atoms with Crippen molar-refractivity contribution in [2.24, 2.45) is 5.73 Å². The monoisotopic (exact) mass is 263 g/mol. The maximum Gasteiger partial charge on any atom is 0.175 e. The van der Waals surface area contributed by atoms with Crippen molar-refractivity contribution in [3.63, 3.8) is 0 Å². The molecule has 4 nitrogen and oxygen atoms in total. The van der Waals surface area contributed by atoms with E-state index in [0.717, 1.165) is 12.0 Å². The maximum absolute atomic E-state index is 11.3. The van der Waals surface area contributed by atoms with Gasteiger partial charge in [0.15, 0.2) is 9.84 Å². The molecule has 1 aliphatic heterocycles. The van der Waals surface area contributed by atoms with Crippen molar-refractivity contribution in [1.29, 1.82) is 0 Å². The van der Waals surface area contributed by atoms with Crippen LogP contribution in [0.1, 0.15) is 18.0 Å². The molecular weight excluding hydrogens is 250 g/mol. The summed E-state index contributed by atoms with van der Waals surface area (Å²) in [4.78, 5) is 0.294. The zero-order valence-corrected chi connectivity index (χ0v) is 10.5. The number of nitrogens with two attached hydrogens (primary N) is 1. The molecule has 1 aliphatic rings. The highest BCUT2D eigenvalue weighted by molar-refractivity contribution is 7.90. The Morgan fingerprint density at radius 1 is 1.44 bits per heavy atom. The second kappa shape index (κ2) is 4.61. The molecule has 0 saturated heterocycles. The maximum atomic E-state index is 11.3. The quantitative estimate of drug-likeness (QED) is 0.829. The van der Waals surface area contributed by atoms with Crippen LogP contribution in [0, 0.1) is 0 Å². The van der Waals surface area contributed by atoms with Crippen LogP contribution < -0.4 is 10.5 Å². The summed E-state index contributed by atoms with van der Waals surface area (Å²) in [6.45, 7) is 0.590. The first-order valence-electron chi connectivity index (χ1n) is 4.71. The van der Waals surface area contributed by atoms with Crippen molar-refractivity contribution in [3.8, 4) is 5.75 Å². The topological polar surface area (TPSA) is 69.4 Å². The lowest BCUT2D eigenvalue weighted by Gasteiger charge is -2.23. The molecule has 0 amide bonds. The van der Waals surface area contributed by atoms with E-state index in [9.17, 15) is 8.42 Å². The van der Waals surface area contributed by atoms with Gasteiger partial charge in [0.05, 0.1) is 11.5 Å². The molecule has 2 rings (SSSR count). The first-order valence-corrected chi connectivity index (χ1v) is 6.60. The first-order chi connectivity index (χ1) is 6.98. The van der Waals surface area contributed by atoms with E-state index >= 15 is 0 Å². The molecule has 6 heteroatoms. The number of hydrogen-bond donors (Lipinski definition) is 1. The van der Waals surface area contributed by atoms with E-state index in [4.69, 9.17) is 10.5 Å². The average molecular weight is 264 g/mol. The normalized spacial score (nSPS) is 19.2. The molecule has 90 valence electrons. The van der Waals surface area contributed by atoms with Gasteiger partial charge in [-0.25, -0.2) is 8.42 Å². The van der Waals surface area contributed by atoms with Crippen molar-refractivity contribution in [2.45, 2.75) is 17.4 Å².